The Kier molecular flexibility index (Phi) is 6.13. The van der Waals surface area contributed by atoms with E-state index < -0.39 is 10.0 Å². The molecule has 0 amide bonds. The van der Waals surface area contributed by atoms with Gasteiger partial charge in [0.25, 0.3) is 0 Å². The largest absolute Gasteiger partial charge is 0.299 e. The number of sulfonamides is 1. The highest BCUT2D eigenvalue weighted by atomic mass is 79.9. The van der Waals surface area contributed by atoms with Crippen molar-refractivity contribution in [3.8, 4) is 0 Å². The Hall–Kier alpha value is 0.340. The van der Waals surface area contributed by atoms with Crippen LogP contribution in [0.2, 0.25) is 5.02 Å². The van der Waals surface area contributed by atoms with Gasteiger partial charge in [-0.3, -0.25) is 4.90 Å². The van der Waals surface area contributed by atoms with Crippen LogP contribution >= 0.6 is 38.9 Å². The highest BCUT2D eigenvalue weighted by molar-refractivity contribution is 9.11. The molecular formula is C13H20BrClN2O2S2. The van der Waals surface area contributed by atoms with Gasteiger partial charge in [0.2, 0.25) is 10.0 Å². The molecule has 1 aliphatic rings. The number of nitrogens with one attached hydrogen (secondary N) is 1. The summed E-state index contributed by atoms with van der Waals surface area (Å²) in [6.07, 6.45) is 2.40. The summed E-state index contributed by atoms with van der Waals surface area (Å²) >= 11 is 10.3. The lowest BCUT2D eigenvalue weighted by molar-refractivity contribution is 0.193. The minimum absolute atomic E-state index is 0.237. The molecule has 1 unspecified atom stereocenters. The number of likely N-dealkylation sites (tertiary alicyclic amines) is 1. The van der Waals surface area contributed by atoms with Crippen molar-refractivity contribution in [1.82, 2.24) is 9.62 Å². The number of hydrogen-bond donors (Lipinski definition) is 1. The maximum atomic E-state index is 12.3. The monoisotopic (exact) mass is 414 g/mol. The van der Waals surface area contributed by atoms with Crippen molar-refractivity contribution >= 4 is 48.9 Å². The van der Waals surface area contributed by atoms with Gasteiger partial charge in [-0.2, -0.15) is 0 Å². The molecule has 1 fully saturated rings. The normalized spacial score (nSPS) is 18.5. The minimum Gasteiger partial charge on any atom is -0.299 e. The Morgan fingerprint density at radius 3 is 2.52 bits per heavy atom. The van der Waals surface area contributed by atoms with Crippen molar-refractivity contribution in [1.29, 1.82) is 0 Å². The van der Waals surface area contributed by atoms with Crippen molar-refractivity contribution in [2.45, 2.75) is 36.9 Å². The van der Waals surface area contributed by atoms with Gasteiger partial charge in [0, 0.05) is 12.6 Å². The minimum atomic E-state index is -3.49. The number of thiophene rings is 1. The summed E-state index contributed by atoms with van der Waals surface area (Å²) in [7, 11) is -3.49. The maximum Gasteiger partial charge on any atom is 0.250 e. The Morgan fingerprint density at radius 1 is 1.43 bits per heavy atom. The molecule has 2 rings (SSSR count). The van der Waals surface area contributed by atoms with Crippen LogP contribution in [0, 0.1) is 5.92 Å². The van der Waals surface area contributed by atoms with Gasteiger partial charge in [-0.25, -0.2) is 13.1 Å². The summed E-state index contributed by atoms with van der Waals surface area (Å²) in [6.45, 7) is 6.82. The molecule has 1 aromatic heterocycles. The van der Waals surface area contributed by atoms with E-state index in [4.69, 9.17) is 11.6 Å². The van der Waals surface area contributed by atoms with Crippen LogP contribution in [0.15, 0.2) is 14.1 Å². The fourth-order valence-electron chi connectivity index (χ4n) is 2.59. The van der Waals surface area contributed by atoms with Crippen molar-refractivity contribution < 1.29 is 8.42 Å². The summed E-state index contributed by atoms with van der Waals surface area (Å²) in [6, 6.07) is 1.72. The zero-order valence-corrected chi connectivity index (χ0v) is 16.1. The number of hydrogen-bond acceptors (Lipinski definition) is 4. The average Bonchev–Trinajstić information content (AvgIpc) is 3.01. The van der Waals surface area contributed by atoms with Crippen LogP contribution in [0.5, 0.6) is 0 Å². The lowest BCUT2D eigenvalue weighted by Gasteiger charge is -2.30. The maximum absolute atomic E-state index is 12.3. The first kappa shape index (κ1) is 17.7. The van der Waals surface area contributed by atoms with E-state index in [1.54, 1.807) is 0 Å². The van der Waals surface area contributed by atoms with E-state index >= 15 is 0 Å². The number of rotatable bonds is 6. The topological polar surface area (TPSA) is 49.4 Å². The molecule has 0 spiro atoms. The molecule has 1 atom stereocenters. The summed E-state index contributed by atoms with van der Waals surface area (Å²) in [5, 5.41) is 0.431. The molecule has 0 aromatic carbocycles. The average molecular weight is 416 g/mol. The van der Waals surface area contributed by atoms with Crippen LogP contribution in [0.1, 0.15) is 26.7 Å². The fourth-order valence-corrected chi connectivity index (χ4v) is 6.08. The van der Waals surface area contributed by atoms with Gasteiger partial charge in [-0.05, 0) is 53.8 Å². The molecule has 21 heavy (non-hydrogen) atoms. The van der Waals surface area contributed by atoms with Crippen molar-refractivity contribution in [2.24, 2.45) is 5.92 Å². The first-order valence-electron chi connectivity index (χ1n) is 7.00. The van der Waals surface area contributed by atoms with Crippen LogP contribution in [-0.4, -0.2) is 39.0 Å². The first-order chi connectivity index (χ1) is 9.81. The Bertz CT molecular complexity index is 563. The summed E-state index contributed by atoms with van der Waals surface area (Å²) in [4.78, 5) is 2.38. The SMILES string of the molecule is CC(C)C(CNS(=O)(=O)c1cc(Cl)c(Br)s1)N1CCCC1. The van der Waals surface area contributed by atoms with E-state index in [0.717, 1.165) is 24.4 Å². The third-order valence-electron chi connectivity index (χ3n) is 3.75. The predicted octanol–water partition coefficient (Wildman–Crippen LogP) is 3.56. The summed E-state index contributed by atoms with van der Waals surface area (Å²) in [5.41, 5.74) is 0. The lowest BCUT2D eigenvalue weighted by Crippen LogP contribution is -2.45. The molecule has 8 heteroatoms. The highest BCUT2D eigenvalue weighted by Crippen LogP contribution is 2.34. The van der Waals surface area contributed by atoms with E-state index in [9.17, 15) is 8.42 Å². The second-order valence-corrected chi connectivity index (χ2v) is 10.4. The third-order valence-corrected chi connectivity index (χ3v) is 8.12. The van der Waals surface area contributed by atoms with Crippen molar-refractivity contribution in [3.05, 3.63) is 14.9 Å². The lowest BCUT2D eigenvalue weighted by atomic mass is 10.0. The van der Waals surface area contributed by atoms with Crippen LogP contribution in [0.4, 0.5) is 0 Å². The molecule has 1 saturated heterocycles. The summed E-state index contributed by atoms with van der Waals surface area (Å²) < 4.78 is 28.3. The fraction of sp³-hybridized carbons (Fsp3) is 0.692. The smallest absolute Gasteiger partial charge is 0.250 e. The molecule has 1 N–H and O–H groups in total. The van der Waals surface area contributed by atoms with Crippen molar-refractivity contribution in [3.63, 3.8) is 0 Å². The van der Waals surface area contributed by atoms with Gasteiger partial charge in [-0.1, -0.05) is 25.4 Å². The van der Waals surface area contributed by atoms with Gasteiger partial charge >= 0.3 is 0 Å². The molecule has 4 nitrogen and oxygen atoms in total. The molecule has 0 radical (unpaired) electrons. The number of halogens is 2. The van der Waals surface area contributed by atoms with Crippen LogP contribution in [-0.2, 0) is 10.0 Å². The van der Waals surface area contributed by atoms with Crippen LogP contribution in [0.3, 0.4) is 0 Å². The van der Waals surface area contributed by atoms with Crippen LogP contribution in [0.25, 0.3) is 0 Å². The van der Waals surface area contributed by atoms with Gasteiger partial charge in [0.15, 0.2) is 0 Å². The highest BCUT2D eigenvalue weighted by Gasteiger charge is 2.27. The molecule has 0 bridgehead atoms. The van der Waals surface area contributed by atoms with Crippen LogP contribution < -0.4 is 4.72 Å². The molecule has 2 heterocycles. The Balaban J connectivity index is 2.05. The zero-order valence-electron chi connectivity index (χ0n) is 12.1. The first-order valence-corrected chi connectivity index (χ1v) is 10.5. The molecule has 1 aliphatic heterocycles. The molecule has 1 aromatic rings. The van der Waals surface area contributed by atoms with E-state index in [2.05, 4.69) is 39.4 Å². The van der Waals surface area contributed by atoms with Gasteiger partial charge in [0.1, 0.15) is 4.21 Å². The van der Waals surface area contributed by atoms with Gasteiger partial charge < -0.3 is 0 Å². The molecule has 0 aliphatic carbocycles. The number of nitrogens with zero attached hydrogens (tertiary/aromatic N) is 1. The zero-order chi connectivity index (χ0) is 15.6. The predicted molar refractivity (Wildman–Crippen MR) is 91.7 cm³/mol. The van der Waals surface area contributed by atoms with Gasteiger partial charge in [0.05, 0.1) is 8.81 Å². The Labute approximate surface area is 144 Å². The molecule has 0 saturated carbocycles. The van der Waals surface area contributed by atoms with E-state index in [1.807, 2.05) is 0 Å². The quantitative estimate of drug-likeness (QED) is 0.773. The van der Waals surface area contributed by atoms with E-state index in [1.165, 1.54) is 18.9 Å². The standard InChI is InChI=1S/C13H20BrClN2O2S2/c1-9(2)11(17-5-3-4-6-17)8-16-21(18,19)12-7-10(15)13(14)20-12/h7,9,11,16H,3-6,8H2,1-2H3. The van der Waals surface area contributed by atoms with Gasteiger partial charge in [-0.15, -0.1) is 11.3 Å². The van der Waals surface area contributed by atoms with Crippen molar-refractivity contribution in [2.75, 3.05) is 19.6 Å². The molecular weight excluding hydrogens is 396 g/mol. The van der Waals surface area contributed by atoms with E-state index in [0.29, 0.717) is 21.3 Å². The second kappa shape index (κ2) is 7.27. The van der Waals surface area contributed by atoms with E-state index in [-0.39, 0.29) is 10.3 Å². The Morgan fingerprint density at radius 2 is 2.05 bits per heavy atom. The second-order valence-electron chi connectivity index (χ2n) is 5.59. The summed E-state index contributed by atoms with van der Waals surface area (Å²) in [5.74, 6) is 0.407. The molecule has 120 valence electrons. The third kappa shape index (κ3) is 4.42.